The quantitative estimate of drug-likeness (QED) is 0.899. The Morgan fingerprint density at radius 3 is 2.84 bits per heavy atom. The number of thiophene rings is 1. The van der Waals surface area contributed by atoms with Gasteiger partial charge in [0.05, 0.1) is 12.1 Å². The highest BCUT2D eigenvalue weighted by atomic mass is 32.1. The number of hydrogen-bond donors (Lipinski definition) is 1. The SMILES string of the molecule is CCC1(C(=O)N(Cc2cccs2)C(C)C)CCCN1. The van der Waals surface area contributed by atoms with Crippen molar-refractivity contribution in [3.8, 4) is 0 Å². The van der Waals surface area contributed by atoms with Gasteiger partial charge in [-0.1, -0.05) is 13.0 Å². The predicted octanol–water partition coefficient (Wildman–Crippen LogP) is 3.02. The van der Waals surface area contributed by atoms with Gasteiger partial charge in [-0.05, 0) is 51.1 Å². The summed E-state index contributed by atoms with van der Waals surface area (Å²) in [6.07, 6.45) is 2.94. The van der Waals surface area contributed by atoms with Crippen LogP contribution >= 0.6 is 11.3 Å². The van der Waals surface area contributed by atoms with Crippen LogP contribution in [0.3, 0.4) is 0 Å². The lowest BCUT2D eigenvalue weighted by molar-refractivity contribution is -0.140. The van der Waals surface area contributed by atoms with Crippen molar-refractivity contribution in [3.63, 3.8) is 0 Å². The molecule has 1 amide bonds. The summed E-state index contributed by atoms with van der Waals surface area (Å²) in [6, 6.07) is 4.39. The number of nitrogens with zero attached hydrogens (tertiary/aromatic N) is 1. The van der Waals surface area contributed by atoms with Crippen molar-refractivity contribution in [1.29, 1.82) is 0 Å². The molecule has 19 heavy (non-hydrogen) atoms. The van der Waals surface area contributed by atoms with E-state index in [1.54, 1.807) is 11.3 Å². The number of rotatable bonds is 5. The molecular formula is C15H24N2OS. The molecule has 1 fully saturated rings. The summed E-state index contributed by atoms with van der Waals surface area (Å²) in [6.45, 7) is 8.01. The Morgan fingerprint density at radius 2 is 2.37 bits per heavy atom. The molecule has 0 radical (unpaired) electrons. The summed E-state index contributed by atoms with van der Waals surface area (Å²) in [5.74, 6) is 0.274. The van der Waals surface area contributed by atoms with Crippen molar-refractivity contribution in [3.05, 3.63) is 22.4 Å². The Balaban J connectivity index is 2.16. The summed E-state index contributed by atoms with van der Waals surface area (Å²) >= 11 is 1.72. The summed E-state index contributed by atoms with van der Waals surface area (Å²) < 4.78 is 0. The zero-order valence-corrected chi connectivity index (χ0v) is 12.9. The summed E-state index contributed by atoms with van der Waals surface area (Å²) in [7, 11) is 0. The van der Waals surface area contributed by atoms with E-state index in [9.17, 15) is 4.79 Å². The van der Waals surface area contributed by atoms with Gasteiger partial charge in [0.2, 0.25) is 5.91 Å². The number of carbonyl (C=O) groups is 1. The van der Waals surface area contributed by atoms with Gasteiger partial charge in [-0.15, -0.1) is 11.3 Å². The first kappa shape index (κ1) is 14.5. The second-order valence-electron chi connectivity index (χ2n) is 5.57. The van der Waals surface area contributed by atoms with E-state index in [0.29, 0.717) is 0 Å². The highest BCUT2D eigenvalue weighted by Gasteiger charge is 2.42. The highest BCUT2D eigenvalue weighted by molar-refractivity contribution is 7.09. The summed E-state index contributed by atoms with van der Waals surface area (Å²) in [5.41, 5.74) is -0.318. The minimum absolute atomic E-state index is 0.237. The smallest absolute Gasteiger partial charge is 0.243 e. The molecule has 1 aliphatic heterocycles. The fraction of sp³-hybridized carbons (Fsp3) is 0.667. The molecule has 1 N–H and O–H groups in total. The van der Waals surface area contributed by atoms with Crippen LogP contribution in [0.1, 0.15) is 44.9 Å². The second-order valence-corrected chi connectivity index (χ2v) is 6.60. The molecule has 3 nitrogen and oxygen atoms in total. The number of carbonyl (C=O) groups excluding carboxylic acids is 1. The number of amides is 1. The molecule has 0 bridgehead atoms. The molecule has 0 saturated carbocycles. The normalized spacial score (nSPS) is 22.9. The molecular weight excluding hydrogens is 256 g/mol. The third-order valence-corrected chi connectivity index (χ3v) is 4.91. The maximum atomic E-state index is 12.9. The first-order valence-corrected chi connectivity index (χ1v) is 8.05. The van der Waals surface area contributed by atoms with Crippen LogP contribution in [0.2, 0.25) is 0 Å². The lowest BCUT2D eigenvalue weighted by Gasteiger charge is -2.36. The van der Waals surface area contributed by atoms with E-state index in [0.717, 1.165) is 32.4 Å². The van der Waals surface area contributed by atoms with Crippen LogP contribution in [0.5, 0.6) is 0 Å². The third-order valence-electron chi connectivity index (χ3n) is 4.05. The van der Waals surface area contributed by atoms with Crippen molar-refractivity contribution in [2.45, 2.75) is 58.2 Å². The van der Waals surface area contributed by atoms with E-state index < -0.39 is 0 Å². The lowest BCUT2D eigenvalue weighted by Crippen LogP contribution is -2.55. The van der Waals surface area contributed by atoms with Gasteiger partial charge in [0.25, 0.3) is 0 Å². The lowest BCUT2D eigenvalue weighted by atomic mass is 9.92. The molecule has 0 aromatic carbocycles. The van der Waals surface area contributed by atoms with Crippen molar-refractivity contribution in [1.82, 2.24) is 10.2 Å². The topological polar surface area (TPSA) is 32.3 Å². The van der Waals surface area contributed by atoms with Gasteiger partial charge in [0, 0.05) is 10.9 Å². The average Bonchev–Trinajstić information content (AvgIpc) is 3.06. The fourth-order valence-electron chi connectivity index (χ4n) is 2.78. The summed E-state index contributed by atoms with van der Waals surface area (Å²) in [4.78, 5) is 16.2. The maximum absolute atomic E-state index is 12.9. The van der Waals surface area contributed by atoms with Crippen molar-refractivity contribution in [2.24, 2.45) is 0 Å². The molecule has 106 valence electrons. The van der Waals surface area contributed by atoms with Crippen LogP contribution in [-0.2, 0) is 11.3 Å². The fourth-order valence-corrected chi connectivity index (χ4v) is 3.48. The molecule has 1 aromatic heterocycles. The second kappa shape index (κ2) is 6.06. The number of nitrogens with one attached hydrogen (secondary N) is 1. The largest absolute Gasteiger partial charge is 0.334 e. The molecule has 1 atom stereocenters. The van der Waals surface area contributed by atoms with Crippen molar-refractivity contribution >= 4 is 17.2 Å². The average molecular weight is 280 g/mol. The molecule has 2 rings (SSSR count). The van der Waals surface area contributed by atoms with Crippen LogP contribution in [0.25, 0.3) is 0 Å². The zero-order valence-electron chi connectivity index (χ0n) is 12.1. The van der Waals surface area contributed by atoms with Gasteiger partial charge in [0.15, 0.2) is 0 Å². The molecule has 2 heterocycles. The minimum atomic E-state index is -0.318. The van der Waals surface area contributed by atoms with E-state index in [1.807, 2.05) is 11.0 Å². The minimum Gasteiger partial charge on any atom is -0.334 e. The van der Waals surface area contributed by atoms with Gasteiger partial charge < -0.3 is 10.2 Å². The first-order chi connectivity index (χ1) is 9.09. The molecule has 1 aromatic rings. The van der Waals surface area contributed by atoms with Crippen LogP contribution in [0.15, 0.2) is 17.5 Å². The Labute approximate surface area is 120 Å². The van der Waals surface area contributed by atoms with Gasteiger partial charge >= 0.3 is 0 Å². The third kappa shape index (κ3) is 3.00. The van der Waals surface area contributed by atoms with E-state index in [2.05, 4.69) is 37.5 Å². The van der Waals surface area contributed by atoms with Crippen LogP contribution in [0, 0.1) is 0 Å². The van der Waals surface area contributed by atoms with E-state index in [-0.39, 0.29) is 17.5 Å². The first-order valence-electron chi connectivity index (χ1n) is 7.17. The molecule has 1 unspecified atom stereocenters. The molecule has 0 spiro atoms. The van der Waals surface area contributed by atoms with Gasteiger partial charge in [0.1, 0.15) is 0 Å². The standard InChI is InChI=1S/C15H24N2OS/c1-4-15(8-6-9-16-15)14(18)17(12(2)3)11-13-7-5-10-19-13/h5,7,10,12,16H,4,6,8-9,11H2,1-3H3. The van der Waals surface area contributed by atoms with E-state index in [1.165, 1.54) is 4.88 Å². The van der Waals surface area contributed by atoms with Crippen LogP contribution < -0.4 is 5.32 Å². The highest BCUT2D eigenvalue weighted by Crippen LogP contribution is 2.27. The number of hydrogen-bond acceptors (Lipinski definition) is 3. The molecule has 0 aliphatic carbocycles. The molecule has 1 saturated heterocycles. The Hall–Kier alpha value is -0.870. The van der Waals surface area contributed by atoms with Crippen molar-refractivity contribution in [2.75, 3.05) is 6.54 Å². The van der Waals surface area contributed by atoms with Gasteiger partial charge in [-0.2, -0.15) is 0 Å². The summed E-state index contributed by atoms with van der Waals surface area (Å²) in [5, 5.41) is 5.52. The predicted molar refractivity (Wildman–Crippen MR) is 80.3 cm³/mol. The Kier molecular flexibility index (Phi) is 4.63. The molecule has 4 heteroatoms. The molecule has 1 aliphatic rings. The van der Waals surface area contributed by atoms with E-state index in [4.69, 9.17) is 0 Å². The Morgan fingerprint density at radius 1 is 1.58 bits per heavy atom. The van der Waals surface area contributed by atoms with Gasteiger partial charge in [-0.3, -0.25) is 4.79 Å². The van der Waals surface area contributed by atoms with Gasteiger partial charge in [-0.25, -0.2) is 0 Å². The van der Waals surface area contributed by atoms with Crippen molar-refractivity contribution < 1.29 is 4.79 Å². The van der Waals surface area contributed by atoms with Crippen LogP contribution in [-0.4, -0.2) is 28.9 Å². The van der Waals surface area contributed by atoms with Crippen LogP contribution in [0.4, 0.5) is 0 Å². The zero-order chi connectivity index (χ0) is 13.9. The Bertz CT molecular complexity index is 408. The maximum Gasteiger partial charge on any atom is 0.243 e. The monoisotopic (exact) mass is 280 g/mol. The van der Waals surface area contributed by atoms with E-state index >= 15 is 0 Å².